The lowest BCUT2D eigenvalue weighted by molar-refractivity contribution is 1.33. The fourth-order valence-electron chi connectivity index (χ4n) is 2.95. The summed E-state index contributed by atoms with van der Waals surface area (Å²) < 4.78 is 0. The van der Waals surface area contributed by atoms with Gasteiger partial charge in [-0.3, -0.25) is 0 Å². The summed E-state index contributed by atoms with van der Waals surface area (Å²) in [6.07, 6.45) is 0. The van der Waals surface area contributed by atoms with Gasteiger partial charge in [-0.05, 0) is 78.3 Å². The molecular weight excluding hydrogens is 264 g/mol. The van der Waals surface area contributed by atoms with Gasteiger partial charge in [-0.2, -0.15) is 0 Å². The van der Waals surface area contributed by atoms with E-state index in [2.05, 4.69) is 82.3 Å². The van der Waals surface area contributed by atoms with E-state index < -0.39 is 0 Å². The maximum absolute atomic E-state index is 3.47. The normalized spacial score (nSPS) is 10.7. The lowest BCUT2D eigenvalue weighted by Gasteiger charge is -2.16. The largest absolute Gasteiger partial charge is 0.0614 e. The van der Waals surface area contributed by atoms with Crippen LogP contribution >= 0.6 is 0 Å². The molecule has 0 nitrogen and oxygen atoms in total. The minimum absolute atomic E-state index is 1.19. The fourth-order valence-corrected chi connectivity index (χ4v) is 2.95. The molecule has 0 N–H and O–H groups in total. The van der Waals surface area contributed by atoms with Crippen LogP contribution in [0.5, 0.6) is 0 Å². The highest BCUT2D eigenvalue weighted by molar-refractivity contribution is 5.86. The van der Waals surface area contributed by atoms with Gasteiger partial charge in [0.25, 0.3) is 0 Å². The quantitative estimate of drug-likeness (QED) is 0.537. The van der Waals surface area contributed by atoms with Gasteiger partial charge in [0.2, 0.25) is 0 Å². The number of rotatable bonds is 2. The molecule has 0 unspecified atom stereocenters. The van der Waals surface area contributed by atoms with Crippen molar-refractivity contribution in [3.63, 3.8) is 0 Å². The summed E-state index contributed by atoms with van der Waals surface area (Å²) in [4.78, 5) is 0. The summed E-state index contributed by atoms with van der Waals surface area (Å²) in [5.74, 6) is 0. The Bertz CT molecular complexity index is 755. The minimum Gasteiger partial charge on any atom is -0.0614 e. The molecule has 3 rings (SSSR count). The van der Waals surface area contributed by atoms with Gasteiger partial charge < -0.3 is 0 Å². The van der Waals surface area contributed by atoms with Crippen molar-refractivity contribution in [3.8, 4) is 22.3 Å². The average Bonchev–Trinajstić information content (AvgIpc) is 2.53. The third-order valence-electron chi connectivity index (χ3n) is 4.62. The first-order chi connectivity index (χ1) is 10.6. The first kappa shape index (κ1) is 14.6. The van der Waals surface area contributed by atoms with Crippen LogP contribution in [0.1, 0.15) is 22.3 Å². The highest BCUT2D eigenvalue weighted by atomic mass is 14.2. The lowest BCUT2D eigenvalue weighted by atomic mass is 9.88. The lowest BCUT2D eigenvalue weighted by Crippen LogP contribution is -1.93. The van der Waals surface area contributed by atoms with E-state index in [1.54, 1.807) is 0 Å². The molecule has 0 aliphatic heterocycles. The smallest absolute Gasteiger partial charge is 0.00237 e. The highest BCUT2D eigenvalue weighted by Gasteiger charge is 2.12. The van der Waals surface area contributed by atoms with E-state index in [-0.39, 0.29) is 0 Å². The standard InChI is InChI=1S/C22H21/c1-15-9-7-13-19(17(15)3)21-11-5-6-12-22(21)20-14-8-10-16(2)18(20)4/h5-11,13-14H,1-4H3. The van der Waals surface area contributed by atoms with Crippen molar-refractivity contribution in [2.75, 3.05) is 0 Å². The van der Waals surface area contributed by atoms with Crippen molar-refractivity contribution in [2.24, 2.45) is 0 Å². The Morgan fingerprint density at radius 1 is 0.591 bits per heavy atom. The van der Waals surface area contributed by atoms with E-state index in [9.17, 15) is 0 Å². The van der Waals surface area contributed by atoms with Gasteiger partial charge in [0.05, 0.1) is 0 Å². The van der Waals surface area contributed by atoms with Gasteiger partial charge in [0, 0.05) is 0 Å². The number of hydrogen-bond donors (Lipinski definition) is 0. The zero-order valence-corrected chi connectivity index (χ0v) is 13.7. The Hall–Kier alpha value is -2.34. The molecule has 0 saturated heterocycles. The Kier molecular flexibility index (Phi) is 3.85. The summed E-state index contributed by atoms with van der Waals surface area (Å²) >= 11 is 0. The van der Waals surface area contributed by atoms with Crippen LogP contribution in [0.3, 0.4) is 0 Å². The van der Waals surface area contributed by atoms with E-state index in [0.717, 1.165) is 0 Å². The Morgan fingerprint density at radius 3 is 1.82 bits per heavy atom. The summed E-state index contributed by atoms with van der Waals surface area (Å²) in [6.45, 7) is 8.73. The highest BCUT2D eigenvalue weighted by Crippen LogP contribution is 2.36. The first-order valence-corrected chi connectivity index (χ1v) is 7.73. The molecule has 1 radical (unpaired) electrons. The molecule has 0 bridgehead atoms. The van der Waals surface area contributed by atoms with Crippen LogP contribution in [0.15, 0.2) is 54.6 Å². The monoisotopic (exact) mass is 285 g/mol. The zero-order valence-electron chi connectivity index (χ0n) is 13.7. The van der Waals surface area contributed by atoms with E-state index >= 15 is 0 Å². The second kappa shape index (κ2) is 5.81. The first-order valence-electron chi connectivity index (χ1n) is 7.73. The maximum atomic E-state index is 3.47. The number of benzene rings is 3. The van der Waals surface area contributed by atoms with Crippen LogP contribution in [0.25, 0.3) is 22.3 Å². The predicted octanol–water partition coefficient (Wildman–Crippen LogP) is 6.05. The molecule has 0 spiro atoms. The maximum Gasteiger partial charge on any atom is -0.00237 e. The molecule has 0 heteroatoms. The fraction of sp³-hybridized carbons (Fsp3) is 0.182. The van der Waals surface area contributed by atoms with Gasteiger partial charge in [0.1, 0.15) is 0 Å². The van der Waals surface area contributed by atoms with Crippen LogP contribution in [0, 0.1) is 33.8 Å². The minimum atomic E-state index is 1.19. The van der Waals surface area contributed by atoms with Crippen molar-refractivity contribution in [1.29, 1.82) is 0 Å². The SMILES string of the molecule is Cc1cccc(-c2[c]cccc2-c2cccc(C)c2C)c1C. The molecule has 0 saturated carbocycles. The summed E-state index contributed by atoms with van der Waals surface area (Å²) in [5.41, 5.74) is 10.3. The van der Waals surface area contributed by atoms with Gasteiger partial charge in [-0.1, -0.05) is 54.6 Å². The molecule has 0 aromatic heterocycles. The van der Waals surface area contributed by atoms with E-state index in [1.807, 2.05) is 6.07 Å². The van der Waals surface area contributed by atoms with Crippen LogP contribution in [-0.4, -0.2) is 0 Å². The van der Waals surface area contributed by atoms with E-state index in [1.165, 1.54) is 44.5 Å². The van der Waals surface area contributed by atoms with Crippen LogP contribution in [-0.2, 0) is 0 Å². The topological polar surface area (TPSA) is 0 Å². The van der Waals surface area contributed by atoms with Crippen molar-refractivity contribution in [2.45, 2.75) is 27.7 Å². The van der Waals surface area contributed by atoms with Crippen LogP contribution < -0.4 is 0 Å². The van der Waals surface area contributed by atoms with Crippen LogP contribution in [0.4, 0.5) is 0 Å². The summed E-state index contributed by atoms with van der Waals surface area (Å²) in [7, 11) is 0. The Labute approximate surface area is 133 Å². The van der Waals surface area contributed by atoms with E-state index in [0.29, 0.717) is 0 Å². The average molecular weight is 285 g/mol. The molecule has 0 amide bonds. The zero-order chi connectivity index (χ0) is 15.7. The van der Waals surface area contributed by atoms with Gasteiger partial charge in [0.15, 0.2) is 0 Å². The molecule has 3 aromatic carbocycles. The molecule has 0 aliphatic carbocycles. The van der Waals surface area contributed by atoms with Gasteiger partial charge >= 0.3 is 0 Å². The second-order valence-electron chi connectivity index (χ2n) is 5.95. The molecular formula is C22H21. The Balaban J connectivity index is 2.28. The van der Waals surface area contributed by atoms with E-state index in [4.69, 9.17) is 0 Å². The number of hydrogen-bond acceptors (Lipinski definition) is 0. The molecule has 22 heavy (non-hydrogen) atoms. The molecule has 3 aromatic rings. The summed E-state index contributed by atoms with van der Waals surface area (Å²) in [5, 5.41) is 0. The molecule has 0 heterocycles. The third kappa shape index (κ3) is 2.46. The van der Waals surface area contributed by atoms with Crippen molar-refractivity contribution < 1.29 is 0 Å². The van der Waals surface area contributed by atoms with Crippen molar-refractivity contribution in [3.05, 3.63) is 82.9 Å². The summed E-state index contributed by atoms with van der Waals surface area (Å²) in [6, 6.07) is 22.8. The number of aryl methyl sites for hydroxylation is 2. The van der Waals surface area contributed by atoms with Gasteiger partial charge in [-0.25, -0.2) is 0 Å². The van der Waals surface area contributed by atoms with Gasteiger partial charge in [-0.15, -0.1) is 0 Å². The predicted molar refractivity (Wildman–Crippen MR) is 95.1 cm³/mol. The molecule has 0 fully saturated rings. The second-order valence-corrected chi connectivity index (χ2v) is 5.95. The molecule has 0 aliphatic rings. The Morgan fingerprint density at radius 2 is 1.14 bits per heavy atom. The molecule has 109 valence electrons. The van der Waals surface area contributed by atoms with Crippen LogP contribution in [0.2, 0.25) is 0 Å². The molecule has 0 atom stereocenters. The van der Waals surface area contributed by atoms with Crippen molar-refractivity contribution >= 4 is 0 Å². The third-order valence-corrected chi connectivity index (χ3v) is 4.62. The van der Waals surface area contributed by atoms with Crippen molar-refractivity contribution in [1.82, 2.24) is 0 Å².